The minimum absolute atomic E-state index is 0.306. The minimum Gasteiger partial charge on any atom is -0.369 e. The number of nitrogens with two attached hydrogens (primary N) is 2. The van der Waals surface area contributed by atoms with Crippen LogP contribution in [-0.4, -0.2) is 16.8 Å². The van der Waals surface area contributed by atoms with Crippen LogP contribution in [0.4, 0.5) is 0 Å². The predicted octanol–water partition coefficient (Wildman–Crippen LogP) is 4.39. The van der Waals surface area contributed by atoms with Crippen LogP contribution in [0.3, 0.4) is 0 Å². The van der Waals surface area contributed by atoms with Crippen LogP contribution < -0.4 is 11.5 Å². The summed E-state index contributed by atoms with van der Waals surface area (Å²) in [6, 6.07) is 13.4. The molecule has 3 aromatic rings. The molecule has 1 heterocycles. The van der Waals surface area contributed by atoms with Crippen molar-refractivity contribution < 1.29 is 9.59 Å². The summed E-state index contributed by atoms with van der Waals surface area (Å²) in [5.74, 6) is -0.751. The molecule has 2 saturated carbocycles. The number of aryl methyl sites for hydroxylation is 1. The molecule has 4 N–H and O–H groups in total. The zero-order chi connectivity index (χ0) is 21.3. The number of benzene rings is 2. The topological polar surface area (TPSA) is 99.1 Å². The van der Waals surface area contributed by atoms with E-state index >= 15 is 0 Å². The van der Waals surface area contributed by atoms with Crippen molar-refractivity contribution in [2.75, 3.05) is 0 Å². The first-order chi connectivity index (χ1) is 14.4. The first kappa shape index (κ1) is 20.1. The number of hydrogen-bond acceptors (Lipinski definition) is 3. The van der Waals surface area contributed by atoms with Crippen LogP contribution in [0.5, 0.6) is 0 Å². The number of carbonyl (C=O) groups excluding carboxylic acids is 2. The molecular formula is C25H27N3O2. The monoisotopic (exact) mass is 401 g/mol. The Morgan fingerprint density at radius 1 is 0.900 bits per heavy atom. The van der Waals surface area contributed by atoms with Crippen molar-refractivity contribution in [3.05, 3.63) is 65.5 Å². The van der Waals surface area contributed by atoms with Crippen LogP contribution in [0, 0.1) is 6.92 Å². The van der Waals surface area contributed by atoms with Crippen molar-refractivity contribution >= 4 is 22.6 Å². The van der Waals surface area contributed by atoms with Gasteiger partial charge in [0, 0.05) is 17.1 Å². The fraction of sp³-hybridized carbons (Fsp3) is 0.320. The first-order valence-electron chi connectivity index (χ1n) is 10.5. The summed E-state index contributed by atoms with van der Waals surface area (Å²) in [7, 11) is 0. The van der Waals surface area contributed by atoms with Gasteiger partial charge in [-0.15, -0.1) is 0 Å². The van der Waals surface area contributed by atoms with E-state index in [0.717, 1.165) is 46.0 Å². The molecule has 0 atom stereocenters. The maximum atomic E-state index is 11.7. The van der Waals surface area contributed by atoms with Gasteiger partial charge in [-0.05, 0) is 66.1 Å². The maximum Gasteiger partial charge on any atom is 0.248 e. The van der Waals surface area contributed by atoms with Gasteiger partial charge >= 0.3 is 0 Å². The molecule has 0 unspecified atom stereocenters. The Labute approximate surface area is 176 Å². The number of primary amides is 2. The number of pyridine rings is 1. The zero-order valence-electron chi connectivity index (χ0n) is 17.3. The van der Waals surface area contributed by atoms with Crippen LogP contribution in [0.25, 0.3) is 21.9 Å². The van der Waals surface area contributed by atoms with Gasteiger partial charge in [0.15, 0.2) is 0 Å². The number of carbonyl (C=O) groups is 2. The van der Waals surface area contributed by atoms with Gasteiger partial charge in [-0.1, -0.05) is 43.9 Å². The Kier molecular flexibility index (Phi) is 5.29. The van der Waals surface area contributed by atoms with E-state index in [-0.39, 0.29) is 5.91 Å². The lowest BCUT2D eigenvalue weighted by Gasteiger charge is -2.12. The molecule has 154 valence electrons. The maximum absolute atomic E-state index is 11.7. The van der Waals surface area contributed by atoms with Gasteiger partial charge in [0.1, 0.15) is 0 Å². The average molecular weight is 402 g/mol. The standard InChI is InChI=1S/C21H19N3O2.C4H8/c1-12-2-3-15(19(22)25)9-17(12)14-5-4-13-10-18(24-11-16(13)8-14)21(6-7-21)20(23)26;1-2-4-3-1/h2-5,8-11H,6-7H2,1H3,(H2,22,25)(H2,23,26);1-4H2. The molecule has 2 aromatic carbocycles. The number of hydrogen-bond donors (Lipinski definition) is 2. The highest BCUT2D eigenvalue weighted by Gasteiger charge is 2.51. The predicted molar refractivity (Wildman–Crippen MR) is 119 cm³/mol. The molecule has 5 nitrogen and oxygen atoms in total. The average Bonchev–Trinajstić information content (AvgIpc) is 3.48. The largest absolute Gasteiger partial charge is 0.369 e. The lowest BCUT2D eigenvalue weighted by Crippen LogP contribution is -2.29. The van der Waals surface area contributed by atoms with Crippen molar-refractivity contribution in [2.45, 2.75) is 50.9 Å². The number of aromatic nitrogens is 1. The van der Waals surface area contributed by atoms with Gasteiger partial charge < -0.3 is 11.5 Å². The van der Waals surface area contributed by atoms with E-state index in [2.05, 4.69) is 4.98 Å². The highest BCUT2D eigenvalue weighted by molar-refractivity contribution is 5.96. The summed E-state index contributed by atoms with van der Waals surface area (Å²) >= 11 is 0. The summed E-state index contributed by atoms with van der Waals surface area (Å²) in [5.41, 5.74) is 14.6. The number of amides is 2. The molecule has 0 spiro atoms. The molecule has 5 heteroatoms. The third kappa shape index (κ3) is 3.80. The summed E-state index contributed by atoms with van der Waals surface area (Å²) < 4.78 is 0. The second kappa shape index (κ2) is 7.90. The molecule has 0 saturated heterocycles. The lowest BCUT2D eigenvalue weighted by molar-refractivity contribution is -0.120. The molecule has 2 fully saturated rings. The minimum atomic E-state index is -0.584. The Balaban J connectivity index is 0.000000489. The SMILES string of the molecule is C1CCC1.Cc1ccc(C(N)=O)cc1-c1ccc2cc(C3(C(N)=O)CC3)ncc2c1. The van der Waals surface area contributed by atoms with E-state index < -0.39 is 11.3 Å². The van der Waals surface area contributed by atoms with Crippen LogP contribution in [0.1, 0.15) is 60.1 Å². The molecule has 2 aliphatic carbocycles. The Morgan fingerprint density at radius 2 is 1.60 bits per heavy atom. The molecule has 30 heavy (non-hydrogen) atoms. The van der Waals surface area contributed by atoms with E-state index in [4.69, 9.17) is 11.5 Å². The van der Waals surface area contributed by atoms with E-state index in [0.29, 0.717) is 5.56 Å². The fourth-order valence-corrected chi connectivity index (χ4v) is 3.66. The highest BCUT2D eigenvalue weighted by atomic mass is 16.1. The molecule has 0 bridgehead atoms. The van der Waals surface area contributed by atoms with Crippen molar-refractivity contribution in [1.82, 2.24) is 4.98 Å². The molecule has 0 radical (unpaired) electrons. The summed E-state index contributed by atoms with van der Waals surface area (Å²) in [6.45, 7) is 2.00. The first-order valence-corrected chi connectivity index (χ1v) is 10.5. The lowest BCUT2D eigenvalue weighted by atomic mass is 9.95. The molecule has 0 aliphatic heterocycles. The second-order valence-corrected chi connectivity index (χ2v) is 8.39. The van der Waals surface area contributed by atoms with Crippen molar-refractivity contribution in [1.29, 1.82) is 0 Å². The van der Waals surface area contributed by atoms with Crippen LogP contribution in [-0.2, 0) is 10.2 Å². The van der Waals surface area contributed by atoms with Crippen LogP contribution >= 0.6 is 0 Å². The molecule has 2 aliphatic rings. The molecule has 2 amide bonds. The van der Waals surface area contributed by atoms with Gasteiger partial charge in [0.2, 0.25) is 11.8 Å². The van der Waals surface area contributed by atoms with Gasteiger partial charge in [-0.25, -0.2) is 0 Å². The van der Waals surface area contributed by atoms with E-state index in [1.807, 2.05) is 43.3 Å². The van der Waals surface area contributed by atoms with Crippen LogP contribution in [0.15, 0.2) is 48.7 Å². The number of nitrogens with zero attached hydrogens (tertiary/aromatic N) is 1. The second-order valence-electron chi connectivity index (χ2n) is 8.39. The highest BCUT2D eigenvalue weighted by Crippen LogP contribution is 2.47. The quantitative estimate of drug-likeness (QED) is 0.678. The smallest absolute Gasteiger partial charge is 0.248 e. The van der Waals surface area contributed by atoms with Crippen molar-refractivity contribution in [2.24, 2.45) is 11.5 Å². The van der Waals surface area contributed by atoms with E-state index in [9.17, 15) is 9.59 Å². The molecule has 1 aromatic heterocycles. The zero-order valence-corrected chi connectivity index (χ0v) is 17.3. The fourth-order valence-electron chi connectivity index (χ4n) is 3.66. The summed E-state index contributed by atoms with van der Waals surface area (Å²) in [5, 5.41) is 1.98. The van der Waals surface area contributed by atoms with Gasteiger partial charge in [-0.2, -0.15) is 0 Å². The number of rotatable bonds is 4. The number of fused-ring (bicyclic) bond motifs is 1. The van der Waals surface area contributed by atoms with Gasteiger partial charge in [0.25, 0.3) is 0 Å². The normalized spacial score (nSPS) is 16.2. The van der Waals surface area contributed by atoms with Crippen molar-refractivity contribution in [3.63, 3.8) is 0 Å². The third-order valence-electron chi connectivity index (χ3n) is 6.27. The van der Waals surface area contributed by atoms with E-state index in [1.165, 1.54) is 25.7 Å². The Bertz CT molecular complexity index is 1120. The van der Waals surface area contributed by atoms with Crippen molar-refractivity contribution in [3.8, 4) is 11.1 Å². The summed E-state index contributed by atoms with van der Waals surface area (Å²) in [4.78, 5) is 27.7. The summed E-state index contributed by atoms with van der Waals surface area (Å²) in [6.07, 6.45) is 9.31. The molecular weight excluding hydrogens is 374 g/mol. The Morgan fingerprint density at radius 3 is 2.17 bits per heavy atom. The molecule has 5 rings (SSSR count). The Hall–Kier alpha value is -3.21. The van der Waals surface area contributed by atoms with Crippen LogP contribution in [0.2, 0.25) is 0 Å². The van der Waals surface area contributed by atoms with Gasteiger partial charge in [-0.3, -0.25) is 14.6 Å². The van der Waals surface area contributed by atoms with E-state index in [1.54, 1.807) is 12.3 Å². The van der Waals surface area contributed by atoms with Gasteiger partial charge in [0.05, 0.1) is 11.1 Å². The third-order valence-corrected chi connectivity index (χ3v) is 6.27.